The van der Waals surface area contributed by atoms with Crippen LogP contribution in [0.5, 0.6) is 0 Å². The van der Waals surface area contributed by atoms with Gasteiger partial charge in [0, 0.05) is 25.5 Å². The fourth-order valence-electron chi connectivity index (χ4n) is 3.00. The van der Waals surface area contributed by atoms with Crippen LogP contribution in [0.2, 0.25) is 10.0 Å². The lowest BCUT2D eigenvalue weighted by molar-refractivity contribution is -0.862. The van der Waals surface area contributed by atoms with E-state index in [1.165, 1.54) is 6.92 Å². The van der Waals surface area contributed by atoms with Gasteiger partial charge in [-0.2, -0.15) is 8.42 Å². The highest BCUT2D eigenvalue weighted by atomic mass is 35.5. The first-order chi connectivity index (χ1) is 13.6. The van der Waals surface area contributed by atoms with Gasteiger partial charge in [0.1, 0.15) is 0 Å². The maximum atomic E-state index is 11.2. The molecule has 0 aliphatic rings. The Bertz CT molecular complexity index is 1010. The van der Waals surface area contributed by atoms with Gasteiger partial charge < -0.3 is 9.59 Å². The molecule has 11 heteroatoms. The predicted molar refractivity (Wildman–Crippen MR) is 119 cm³/mol. The molecule has 0 saturated heterocycles. The number of hydrogen-bond donors (Lipinski definition) is 2. The maximum absolute atomic E-state index is 11.2. The summed E-state index contributed by atoms with van der Waals surface area (Å²) in [4.78, 5) is 10.00. The molecule has 30 heavy (non-hydrogen) atoms. The van der Waals surface area contributed by atoms with Crippen molar-refractivity contribution in [2.24, 2.45) is 0 Å². The Morgan fingerprint density at radius 3 is 2.17 bits per heavy atom. The minimum Gasteiger partial charge on any atom is -0.477 e. The van der Waals surface area contributed by atoms with E-state index < -0.39 is 21.3 Å². The second-order valence-electron chi connectivity index (χ2n) is 8.15. The van der Waals surface area contributed by atoms with E-state index in [9.17, 15) is 13.2 Å². The molecule has 1 unspecified atom stereocenters. The predicted octanol–water partition coefficient (Wildman–Crippen LogP) is 3.01. The van der Waals surface area contributed by atoms with Crippen molar-refractivity contribution in [3.05, 3.63) is 28.0 Å². The molecular weight excluding hydrogens is 453 g/mol. The average Bonchev–Trinajstić information content (AvgIpc) is 2.81. The normalized spacial score (nSPS) is 13.1. The third kappa shape index (κ3) is 7.39. The van der Waals surface area contributed by atoms with E-state index in [0.717, 1.165) is 23.4 Å². The van der Waals surface area contributed by atoms with Crippen LogP contribution >= 0.6 is 23.2 Å². The number of nitrogens with zero attached hydrogens (tertiary/aromatic N) is 3. The minimum atomic E-state index is -4.02. The maximum Gasteiger partial charge on any atom is 0.359 e. The minimum absolute atomic E-state index is 0.181. The van der Waals surface area contributed by atoms with E-state index in [4.69, 9.17) is 32.9 Å². The molecule has 0 amide bonds. The number of quaternary nitrogens is 1. The Morgan fingerprint density at radius 1 is 1.23 bits per heavy atom. The fourth-order valence-corrected chi connectivity index (χ4v) is 3.72. The number of benzene rings is 1. The van der Waals surface area contributed by atoms with Crippen LogP contribution in [-0.2, 0) is 28.0 Å². The van der Waals surface area contributed by atoms with Gasteiger partial charge in [-0.25, -0.2) is 13.9 Å². The Morgan fingerprint density at radius 2 is 1.77 bits per heavy atom. The molecule has 1 heterocycles. The van der Waals surface area contributed by atoms with Crippen molar-refractivity contribution in [2.45, 2.75) is 45.5 Å². The molecular formula is C19H31Cl2N3O5S+2. The van der Waals surface area contributed by atoms with Gasteiger partial charge in [0.15, 0.2) is 17.6 Å². The number of aryl methyl sites for hydroxylation is 2. The summed E-state index contributed by atoms with van der Waals surface area (Å²) in [6.07, 6.45) is 0.313. The molecule has 2 aromatic rings. The monoisotopic (exact) mass is 483 g/mol. The molecule has 1 atom stereocenters. The van der Waals surface area contributed by atoms with E-state index in [1.54, 1.807) is 6.07 Å². The second kappa shape index (κ2) is 10.3. The number of fused-ring (bicyclic) bond motifs is 1. The summed E-state index contributed by atoms with van der Waals surface area (Å²) in [5.41, 5.74) is 1.85. The van der Waals surface area contributed by atoms with E-state index in [-0.39, 0.29) is 6.54 Å². The summed E-state index contributed by atoms with van der Waals surface area (Å²) >= 11 is 12.2. The first-order valence-corrected chi connectivity index (χ1v) is 11.7. The molecule has 0 aliphatic heterocycles. The molecule has 2 rings (SSSR count). The summed E-state index contributed by atoms with van der Waals surface area (Å²) in [6, 6.07) is 3.61. The number of carbonyl (C=O) groups is 1. The Labute approximate surface area is 188 Å². The van der Waals surface area contributed by atoms with Crippen LogP contribution in [0.25, 0.3) is 11.0 Å². The topological polar surface area (TPSA) is 100 Å². The van der Waals surface area contributed by atoms with E-state index >= 15 is 0 Å². The third-order valence-corrected chi connectivity index (χ3v) is 6.55. The van der Waals surface area contributed by atoms with Crippen LogP contribution in [0.15, 0.2) is 12.1 Å². The first-order valence-electron chi connectivity index (χ1n) is 9.44. The number of carboxylic acids is 1. The highest BCUT2D eigenvalue weighted by Gasteiger charge is 2.24. The zero-order valence-electron chi connectivity index (χ0n) is 18.2. The van der Waals surface area contributed by atoms with Crippen molar-refractivity contribution in [1.29, 1.82) is 0 Å². The largest absolute Gasteiger partial charge is 0.477 e. The van der Waals surface area contributed by atoms with Crippen LogP contribution in [0.1, 0.15) is 26.1 Å². The van der Waals surface area contributed by atoms with Gasteiger partial charge >= 0.3 is 5.97 Å². The van der Waals surface area contributed by atoms with Gasteiger partial charge in [-0.15, -0.1) is 0 Å². The van der Waals surface area contributed by atoms with Gasteiger partial charge in [0.25, 0.3) is 15.9 Å². The lowest BCUT2D eigenvalue weighted by atomic mass is 10.3. The Balaban J connectivity index is 0.000000479. The van der Waals surface area contributed by atoms with E-state index in [1.807, 2.05) is 45.6 Å². The lowest BCUT2D eigenvalue weighted by Crippen LogP contribution is -2.39. The average molecular weight is 484 g/mol. The van der Waals surface area contributed by atoms with Crippen molar-refractivity contribution < 1.29 is 31.9 Å². The molecule has 0 bridgehead atoms. The third-order valence-electron chi connectivity index (χ3n) is 4.57. The number of likely N-dealkylation sites (N-methyl/N-ethyl adjacent to an activating group) is 1. The highest BCUT2D eigenvalue weighted by molar-refractivity contribution is 7.86. The molecule has 1 aromatic carbocycles. The lowest BCUT2D eigenvalue weighted by Gasteiger charge is -2.20. The quantitative estimate of drug-likeness (QED) is 0.358. The van der Waals surface area contributed by atoms with Gasteiger partial charge in [0.05, 0.1) is 49.5 Å². The number of imidazole rings is 1. The second-order valence-corrected chi connectivity index (χ2v) is 10.8. The number of halogens is 2. The number of aliphatic carboxylic acids is 1. The zero-order valence-corrected chi connectivity index (χ0v) is 20.5. The molecule has 2 N–H and O–H groups in total. The molecule has 0 radical (unpaired) electrons. The number of rotatable bonds is 7. The summed E-state index contributed by atoms with van der Waals surface area (Å²) in [5, 5.41) is 8.36. The number of hydrogen-bond acceptors (Lipinski definition) is 3. The molecule has 0 fully saturated rings. The first kappa shape index (κ1) is 26.6. The molecule has 8 nitrogen and oxygen atoms in total. The Hall–Kier alpha value is -1.39. The summed E-state index contributed by atoms with van der Waals surface area (Å²) in [6.45, 7) is 6.90. The SMILES string of the molecule is CCn1c(C)[n+](CCC(C)S(=O)(=O)O)c2cc(Cl)c(Cl)cc21.C[N+](C)(C)CC(=O)O. The number of aromatic nitrogens is 2. The van der Waals surface area contributed by atoms with E-state index in [2.05, 4.69) is 4.57 Å². The van der Waals surface area contributed by atoms with Gasteiger partial charge in [-0.3, -0.25) is 4.55 Å². The van der Waals surface area contributed by atoms with E-state index in [0.29, 0.717) is 27.5 Å². The molecule has 0 aliphatic carbocycles. The van der Waals surface area contributed by atoms with Crippen LogP contribution in [0.3, 0.4) is 0 Å². The van der Waals surface area contributed by atoms with Gasteiger partial charge in [-0.05, 0) is 13.8 Å². The summed E-state index contributed by atoms with van der Waals surface area (Å²) < 4.78 is 36.0. The van der Waals surface area contributed by atoms with Crippen molar-refractivity contribution in [2.75, 3.05) is 27.7 Å². The Kier molecular flexibility index (Phi) is 9.13. The highest BCUT2D eigenvalue weighted by Crippen LogP contribution is 2.27. The van der Waals surface area contributed by atoms with Crippen LogP contribution in [0, 0.1) is 6.92 Å². The molecule has 0 saturated carbocycles. The van der Waals surface area contributed by atoms with Crippen LogP contribution in [0.4, 0.5) is 0 Å². The van der Waals surface area contributed by atoms with Crippen molar-refractivity contribution in [1.82, 2.24) is 4.57 Å². The smallest absolute Gasteiger partial charge is 0.359 e. The fraction of sp³-hybridized carbons (Fsp3) is 0.579. The molecule has 1 aromatic heterocycles. The van der Waals surface area contributed by atoms with Crippen molar-refractivity contribution in [3.8, 4) is 0 Å². The van der Waals surface area contributed by atoms with Crippen molar-refractivity contribution in [3.63, 3.8) is 0 Å². The summed E-state index contributed by atoms with van der Waals surface area (Å²) in [5.74, 6) is 0.232. The van der Waals surface area contributed by atoms with Gasteiger partial charge in [0.2, 0.25) is 0 Å². The number of carboxylic acid groups (broad SMARTS) is 1. The van der Waals surface area contributed by atoms with Crippen LogP contribution < -0.4 is 4.57 Å². The summed E-state index contributed by atoms with van der Waals surface area (Å²) in [7, 11) is 1.50. The zero-order chi connectivity index (χ0) is 23.4. The van der Waals surface area contributed by atoms with Crippen molar-refractivity contribution >= 4 is 50.3 Å². The molecule has 0 spiro atoms. The molecule has 170 valence electrons. The standard InChI is InChI=1S/C14H18Cl2N2O3S.C5H11NO2/c1-4-17-10(3)18(6-5-9(2)22(19,20)21)14-8-12(16)11(15)7-13(14)17;1-6(2,3)4-5(7)8/h7-9H,4-6H2,1-3H3;4H2,1-3H3/p+2. The van der Waals surface area contributed by atoms with Gasteiger partial charge in [-0.1, -0.05) is 23.2 Å². The van der Waals surface area contributed by atoms with Crippen LogP contribution in [-0.4, -0.2) is 66.0 Å².